The van der Waals surface area contributed by atoms with Gasteiger partial charge in [0.2, 0.25) is 5.91 Å². The summed E-state index contributed by atoms with van der Waals surface area (Å²) in [5, 5.41) is 2.55. The van der Waals surface area contributed by atoms with Gasteiger partial charge in [-0.25, -0.2) is 0 Å². The molecule has 1 spiro atoms. The van der Waals surface area contributed by atoms with E-state index in [1.165, 1.54) is 42.0 Å². The van der Waals surface area contributed by atoms with Crippen molar-refractivity contribution in [3.05, 3.63) is 42.2 Å². The van der Waals surface area contributed by atoms with E-state index < -0.39 is 0 Å². The van der Waals surface area contributed by atoms with Crippen molar-refractivity contribution in [1.82, 2.24) is 9.88 Å². The van der Waals surface area contributed by atoms with Gasteiger partial charge in [-0.05, 0) is 66.9 Å². The van der Waals surface area contributed by atoms with Crippen LogP contribution in [-0.2, 0) is 4.79 Å². The Bertz CT molecular complexity index is 797. The number of aromatic nitrogens is 1. The van der Waals surface area contributed by atoms with Crippen LogP contribution in [-0.4, -0.2) is 28.9 Å². The Hall–Kier alpha value is -1.90. The van der Waals surface area contributed by atoms with Gasteiger partial charge in [0.15, 0.2) is 0 Å². The first-order valence-corrected chi connectivity index (χ1v) is 9.88. The predicted molar refractivity (Wildman–Crippen MR) is 99.3 cm³/mol. The van der Waals surface area contributed by atoms with Crippen molar-refractivity contribution >= 4 is 16.7 Å². The Morgan fingerprint density at radius 1 is 1.08 bits per heavy atom. The first kappa shape index (κ1) is 15.4. The zero-order chi connectivity index (χ0) is 16.9. The van der Waals surface area contributed by atoms with Crippen LogP contribution in [0.1, 0.15) is 56.4 Å². The van der Waals surface area contributed by atoms with Crippen molar-refractivity contribution in [2.45, 2.75) is 50.9 Å². The van der Waals surface area contributed by atoms with E-state index in [1.54, 1.807) is 0 Å². The summed E-state index contributed by atoms with van der Waals surface area (Å²) in [6.45, 7) is 1.86. The lowest BCUT2D eigenvalue weighted by atomic mass is 9.85. The number of fused-ring (bicyclic) bond motifs is 1. The van der Waals surface area contributed by atoms with Crippen LogP contribution in [0.4, 0.5) is 0 Å². The van der Waals surface area contributed by atoms with E-state index in [1.807, 2.05) is 12.4 Å². The van der Waals surface area contributed by atoms with Crippen molar-refractivity contribution in [1.29, 1.82) is 0 Å². The van der Waals surface area contributed by atoms with E-state index in [0.717, 1.165) is 32.4 Å². The molecule has 0 bridgehead atoms. The van der Waals surface area contributed by atoms with Crippen LogP contribution >= 0.6 is 0 Å². The highest BCUT2D eigenvalue weighted by Gasteiger charge is 2.55. The maximum Gasteiger partial charge on any atom is 0.226 e. The number of benzene rings is 1. The molecule has 25 heavy (non-hydrogen) atoms. The van der Waals surface area contributed by atoms with Gasteiger partial charge in [-0.2, -0.15) is 0 Å². The Morgan fingerprint density at radius 3 is 2.72 bits per heavy atom. The summed E-state index contributed by atoms with van der Waals surface area (Å²) in [6.07, 6.45) is 12.3. The molecule has 3 nitrogen and oxygen atoms in total. The number of amides is 1. The van der Waals surface area contributed by atoms with Gasteiger partial charge in [0.1, 0.15) is 0 Å². The van der Waals surface area contributed by atoms with Gasteiger partial charge in [-0.15, -0.1) is 0 Å². The molecule has 3 heteroatoms. The average Bonchev–Trinajstić information content (AvgIpc) is 3.32. The molecule has 3 aliphatic rings. The Kier molecular flexibility index (Phi) is 3.58. The molecule has 1 atom stereocenters. The predicted octanol–water partition coefficient (Wildman–Crippen LogP) is 4.52. The van der Waals surface area contributed by atoms with Crippen LogP contribution < -0.4 is 0 Å². The quantitative estimate of drug-likeness (QED) is 0.809. The Morgan fingerprint density at radius 2 is 1.92 bits per heavy atom. The highest BCUT2D eigenvalue weighted by molar-refractivity contribution is 5.85. The fourth-order valence-electron chi connectivity index (χ4n) is 5.42. The molecule has 5 rings (SSSR count). The summed E-state index contributed by atoms with van der Waals surface area (Å²) in [6, 6.07) is 8.68. The zero-order valence-electron chi connectivity index (χ0n) is 14.8. The van der Waals surface area contributed by atoms with Crippen molar-refractivity contribution in [2.24, 2.45) is 11.3 Å². The summed E-state index contributed by atoms with van der Waals surface area (Å²) in [5.41, 5.74) is 1.86. The molecule has 2 saturated carbocycles. The molecule has 1 saturated heterocycles. The van der Waals surface area contributed by atoms with Crippen molar-refractivity contribution in [3.63, 3.8) is 0 Å². The molecule has 1 aliphatic heterocycles. The van der Waals surface area contributed by atoms with Crippen molar-refractivity contribution in [2.75, 3.05) is 13.1 Å². The monoisotopic (exact) mass is 334 g/mol. The average molecular weight is 334 g/mol. The maximum absolute atomic E-state index is 13.0. The number of carbonyl (C=O) groups excluding carboxylic acids is 1. The lowest BCUT2D eigenvalue weighted by molar-refractivity contribution is -0.138. The third-order valence-corrected chi connectivity index (χ3v) is 7.06. The van der Waals surface area contributed by atoms with E-state index in [-0.39, 0.29) is 0 Å². The number of piperidine rings is 1. The van der Waals surface area contributed by atoms with Crippen LogP contribution in [0.15, 0.2) is 36.7 Å². The molecule has 0 N–H and O–H groups in total. The summed E-state index contributed by atoms with van der Waals surface area (Å²) in [4.78, 5) is 19.5. The zero-order valence-corrected chi connectivity index (χ0v) is 14.8. The normalized spacial score (nSPS) is 25.6. The third-order valence-electron chi connectivity index (χ3n) is 7.06. The summed E-state index contributed by atoms with van der Waals surface area (Å²) < 4.78 is 0. The highest BCUT2D eigenvalue weighted by atomic mass is 16.2. The molecule has 1 unspecified atom stereocenters. The molecule has 1 aromatic heterocycles. The molecule has 2 aliphatic carbocycles. The fourth-order valence-corrected chi connectivity index (χ4v) is 5.42. The SMILES string of the molecule is O=C(C1CCCC12CC2)N1CCC(c2cccc3cnccc23)CC1. The second kappa shape index (κ2) is 5.82. The van der Waals surface area contributed by atoms with E-state index in [4.69, 9.17) is 0 Å². The fraction of sp³-hybridized carbons (Fsp3) is 0.545. The van der Waals surface area contributed by atoms with Crippen LogP contribution in [0.3, 0.4) is 0 Å². The summed E-state index contributed by atoms with van der Waals surface area (Å²) in [5.74, 6) is 1.37. The van der Waals surface area contributed by atoms with Gasteiger partial charge in [-0.3, -0.25) is 9.78 Å². The number of nitrogens with zero attached hydrogens (tertiary/aromatic N) is 2. The molecule has 2 heterocycles. The van der Waals surface area contributed by atoms with Crippen LogP contribution in [0.25, 0.3) is 10.8 Å². The lowest BCUT2D eigenvalue weighted by Crippen LogP contribution is -2.42. The number of hydrogen-bond donors (Lipinski definition) is 0. The smallest absolute Gasteiger partial charge is 0.226 e. The topological polar surface area (TPSA) is 33.2 Å². The van der Waals surface area contributed by atoms with Gasteiger partial charge in [0.25, 0.3) is 0 Å². The second-order valence-corrected chi connectivity index (χ2v) is 8.35. The van der Waals surface area contributed by atoms with Gasteiger partial charge in [-0.1, -0.05) is 24.6 Å². The maximum atomic E-state index is 13.0. The van der Waals surface area contributed by atoms with Gasteiger partial charge >= 0.3 is 0 Å². The molecule has 3 fully saturated rings. The summed E-state index contributed by atoms with van der Waals surface area (Å²) >= 11 is 0. The molecule has 130 valence electrons. The molecular weight excluding hydrogens is 308 g/mol. The van der Waals surface area contributed by atoms with Crippen molar-refractivity contribution < 1.29 is 4.79 Å². The third kappa shape index (κ3) is 2.56. The minimum absolute atomic E-state index is 0.340. The number of hydrogen-bond acceptors (Lipinski definition) is 2. The highest BCUT2D eigenvalue weighted by Crippen LogP contribution is 2.61. The largest absolute Gasteiger partial charge is 0.342 e. The molecule has 1 amide bonds. The number of pyridine rings is 1. The van der Waals surface area contributed by atoms with Crippen LogP contribution in [0.5, 0.6) is 0 Å². The molecule has 2 aromatic rings. The molecule has 0 radical (unpaired) electrons. The lowest BCUT2D eigenvalue weighted by Gasteiger charge is -2.35. The molecular formula is C22H26N2O. The van der Waals surface area contributed by atoms with Crippen molar-refractivity contribution in [3.8, 4) is 0 Å². The minimum atomic E-state index is 0.340. The first-order valence-electron chi connectivity index (χ1n) is 9.88. The Balaban J connectivity index is 1.30. The van der Waals surface area contributed by atoms with Crippen LogP contribution in [0, 0.1) is 11.3 Å². The van der Waals surface area contributed by atoms with E-state index >= 15 is 0 Å². The number of likely N-dealkylation sites (tertiary alicyclic amines) is 1. The number of rotatable bonds is 2. The Labute approximate surface area is 149 Å². The van der Waals surface area contributed by atoms with Gasteiger partial charge in [0.05, 0.1) is 0 Å². The van der Waals surface area contributed by atoms with Gasteiger partial charge < -0.3 is 4.90 Å². The molecule has 1 aromatic carbocycles. The standard InChI is InChI=1S/C22H26N2O/c25-21(20-5-2-9-22(20)10-11-22)24-13-7-16(8-14-24)18-4-1-3-17-15-23-12-6-19(17)18/h1,3-4,6,12,15-16,20H,2,5,7-11,13-14H2. The second-order valence-electron chi connectivity index (χ2n) is 8.35. The van der Waals surface area contributed by atoms with Gasteiger partial charge in [0, 0.05) is 36.8 Å². The van der Waals surface area contributed by atoms with E-state index in [2.05, 4.69) is 34.1 Å². The first-order chi connectivity index (χ1) is 12.3. The number of carbonyl (C=O) groups is 1. The van der Waals surface area contributed by atoms with E-state index in [9.17, 15) is 4.79 Å². The summed E-state index contributed by atoms with van der Waals surface area (Å²) in [7, 11) is 0. The minimum Gasteiger partial charge on any atom is -0.342 e. The van der Waals surface area contributed by atoms with E-state index in [0.29, 0.717) is 23.2 Å². The van der Waals surface area contributed by atoms with Crippen LogP contribution in [0.2, 0.25) is 0 Å².